The lowest BCUT2D eigenvalue weighted by Crippen LogP contribution is -2.34. The van der Waals surface area contributed by atoms with Crippen LogP contribution in [0.1, 0.15) is 44.1 Å². The molecule has 112 valence electrons. The molecule has 0 spiro atoms. The van der Waals surface area contributed by atoms with Gasteiger partial charge < -0.3 is 5.32 Å². The number of hydrogen-bond acceptors (Lipinski definition) is 3. The van der Waals surface area contributed by atoms with E-state index in [2.05, 4.69) is 10.0 Å². The number of hydrogen-bond donors (Lipinski definition) is 2. The summed E-state index contributed by atoms with van der Waals surface area (Å²) in [6.45, 7) is 0.673. The smallest absolute Gasteiger partial charge is 0.240 e. The van der Waals surface area contributed by atoms with Gasteiger partial charge in [-0.05, 0) is 37.6 Å². The maximum atomic E-state index is 12.4. The summed E-state index contributed by atoms with van der Waals surface area (Å²) in [6, 6.07) is 7.24. The number of sulfonamides is 1. The summed E-state index contributed by atoms with van der Waals surface area (Å²) in [4.78, 5) is 0.370. The molecule has 5 heteroatoms. The lowest BCUT2D eigenvalue weighted by Gasteiger charge is -2.16. The van der Waals surface area contributed by atoms with Gasteiger partial charge in [-0.2, -0.15) is 0 Å². The predicted octanol–water partition coefficient (Wildman–Crippen LogP) is 2.41. The second-order valence-corrected chi connectivity index (χ2v) is 7.20. The molecule has 0 bridgehead atoms. The third-order valence-corrected chi connectivity index (χ3v) is 5.28. The normalized spacial score (nSPS) is 17.9. The molecule has 0 saturated heterocycles. The largest absolute Gasteiger partial charge is 0.316 e. The van der Waals surface area contributed by atoms with E-state index in [0.717, 1.165) is 31.2 Å². The molecule has 20 heavy (non-hydrogen) atoms. The Hall–Kier alpha value is -0.910. The first kappa shape index (κ1) is 15.5. The third-order valence-electron chi connectivity index (χ3n) is 3.77. The van der Waals surface area contributed by atoms with Crippen LogP contribution in [0, 0.1) is 0 Å². The molecule has 0 aliphatic heterocycles. The lowest BCUT2D eigenvalue weighted by molar-refractivity contribution is 0.510. The van der Waals surface area contributed by atoms with Crippen molar-refractivity contribution in [1.29, 1.82) is 0 Å². The molecule has 1 aliphatic carbocycles. The van der Waals surface area contributed by atoms with Crippen LogP contribution in [-0.4, -0.2) is 21.5 Å². The molecule has 0 radical (unpaired) electrons. The van der Waals surface area contributed by atoms with Crippen LogP contribution in [0.25, 0.3) is 0 Å². The second kappa shape index (κ2) is 7.20. The van der Waals surface area contributed by atoms with E-state index in [1.165, 1.54) is 12.8 Å². The summed E-state index contributed by atoms with van der Waals surface area (Å²) in [6.07, 6.45) is 6.58. The molecular formula is C15H24N2O2S. The highest BCUT2D eigenvalue weighted by atomic mass is 32.2. The van der Waals surface area contributed by atoms with E-state index in [-0.39, 0.29) is 6.04 Å². The van der Waals surface area contributed by atoms with Gasteiger partial charge in [0.1, 0.15) is 0 Å². The van der Waals surface area contributed by atoms with Gasteiger partial charge in [0.15, 0.2) is 0 Å². The average Bonchev–Trinajstić information content (AvgIpc) is 2.68. The van der Waals surface area contributed by atoms with E-state index in [1.807, 2.05) is 13.1 Å². The summed E-state index contributed by atoms with van der Waals surface area (Å²) in [5.41, 5.74) is 0.983. The van der Waals surface area contributed by atoms with Gasteiger partial charge in [0.25, 0.3) is 0 Å². The Kier molecular flexibility index (Phi) is 5.57. The number of benzene rings is 1. The second-order valence-electron chi connectivity index (χ2n) is 5.49. The molecule has 0 unspecified atom stereocenters. The average molecular weight is 296 g/mol. The highest BCUT2D eigenvalue weighted by molar-refractivity contribution is 7.89. The van der Waals surface area contributed by atoms with Crippen LogP contribution < -0.4 is 10.0 Å². The highest BCUT2D eigenvalue weighted by Gasteiger charge is 2.21. The van der Waals surface area contributed by atoms with E-state index < -0.39 is 10.0 Å². The molecule has 1 aliphatic rings. The monoisotopic (exact) mass is 296 g/mol. The topological polar surface area (TPSA) is 58.2 Å². The third kappa shape index (κ3) is 4.30. The minimum atomic E-state index is -3.39. The summed E-state index contributed by atoms with van der Waals surface area (Å²) in [5, 5.41) is 3.04. The SMILES string of the molecule is CNCc1cccc(S(=O)(=O)NC2CCCCCC2)c1. The van der Waals surface area contributed by atoms with E-state index in [9.17, 15) is 8.42 Å². The van der Waals surface area contributed by atoms with Gasteiger partial charge >= 0.3 is 0 Å². The molecule has 1 saturated carbocycles. The van der Waals surface area contributed by atoms with Gasteiger partial charge in [-0.15, -0.1) is 0 Å². The van der Waals surface area contributed by atoms with Crippen LogP contribution in [0.5, 0.6) is 0 Å². The Morgan fingerprint density at radius 2 is 1.85 bits per heavy atom. The van der Waals surface area contributed by atoms with Crippen molar-refractivity contribution >= 4 is 10.0 Å². The highest BCUT2D eigenvalue weighted by Crippen LogP contribution is 2.20. The maximum absolute atomic E-state index is 12.4. The number of nitrogens with one attached hydrogen (secondary N) is 2. The molecule has 0 amide bonds. The minimum absolute atomic E-state index is 0.0930. The Bertz CT molecular complexity index is 520. The molecule has 2 N–H and O–H groups in total. The van der Waals surface area contributed by atoms with E-state index >= 15 is 0 Å². The lowest BCUT2D eigenvalue weighted by atomic mass is 10.1. The minimum Gasteiger partial charge on any atom is -0.316 e. The zero-order valence-corrected chi connectivity index (χ0v) is 12.9. The van der Waals surface area contributed by atoms with Crippen LogP contribution in [0.3, 0.4) is 0 Å². The maximum Gasteiger partial charge on any atom is 0.240 e. The van der Waals surface area contributed by atoms with Gasteiger partial charge in [0, 0.05) is 12.6 Å². The van der Waals surface area contributed by atoms with Gasteiger partial charge in [0.2, 0.25) is 10.0 Å². The Labute approximate surface area is 122 Å². The molecule has 1 aromatic rings. The van der Waals surface area contributed by atoms with Crippen molar-refractivity contribution in [3.05, 3.63) is 29.8 Å². The molecule has 2 rings (SSSR count). The van der Waals surface area contributed by atoms with Crippen molar-refractivity contribution in [1.82, 2.24) is 10.0 Å². The molecule has 1 aromatic carbocycles. The fourth-order valence-electron chi connectivity index (χ4n) is 2.71. The predicted molar refractivity (Wildman–Crippen MR) is 81.0 cm³/mol. The van der Waals surface area contributed by atoms with Crippen molar-refractivity contribution in [3.8, 4) is 0 Å². The van der Waals surface area contributed by atoms with Crippen LogP contribution in [0.2, 0.25) is 0 Å². The molecule has 1 fully saturated rings. The fourth-order valence-corrected chi connectivity index (χ4v) is 4.09. The summed E-state index contributed by atoms with van der Waals surface area (Å²) in [7, 11) is -1.54. The van der Waals surface area contributed by atoms with Crippen molar-refractivity contribution in [2.75, 3.05) is 7.05 Å². The van der Waals surface area contributed by atoms with Crippen LogP contribution in [0.15, 0.2) is 29.2 Å². The number of rotatable bonds is 5. The van der Waals surface area contributed by atoms with E-state index in [0.29, 0.717) is 11.4 Å². The molecule has 0 atom stereocenters. The van der Waals surface area contributed by atoms with Gasteiger partial charge in [-0.25, -0.2) is 13.1 Å². The molecule has 0 aromatic heterocycles. The van der Waals surface area contributed by atoms with Crippen molar-refractivity contribution in [2.45, 2.75) is 56.0 Å². The van der Waals surface area contributed by atoms with Gasteiger partial charge in [-0.3, -0.25) is 0 Å². The van der Waals surface area contributed by atoms with Gasteiger partial charge in [-0.1, -0.05) is 37.8 Å². The molecule has 4 nitrogen and oxygen atoms in total. The summed E-state index contributed by atoms with van der Waals surface area (Å²) >= 11 is 0. The Morgan fingerprint density at radius 3 is 2.50 bits per heavy atom. The summed E-state index contributed by atoms with van der Waals surface area (Å²) in [5.74, 6) is 0. The molecular weight excluding hydrogens is 272 g/mol. The van der Waals surface area contributed by atoms with E-state index in [1.54, 1.807) is 18.2 Å². The first-order valence-electron chi connectivity index (χ1n) is 7.38. The first-order valence-corrected chi connectivity index (χ1v) is 8.86. The zero-order chi connectivity index (χ0) is 14.4. The van der Waals surface area contributed by atoms with Crippen LogP contribution >= 0.6 is 0 Å². The zero-order valence-electron chi connectivity index (χ0n) is 12.1. The Balaban J connectivity index is 2.10. The first-order chi connectivity index (χ1) is 9.62. The van der Waals surface area contributed by atoms with Crippen molar-refractivity contribution in [2.24, 2.45) is 0 Å². The fraction of sp³-hybridized carbons (Fsp3) is 0.600. The van der Waals surface area contributed by atoms with Gasteiger partial charge in [0.05, 0.1) is 4.90 Å². The van der Waals surface area contributed by atoms with Crippen molar-refractivity contribution < 1.29 is 8.42 Å². The van der Waals surface area contributed by atoms with Crippen molar-refractivity contribution in [3.63, 3.8) is 0 Å². The van der Waals surface area contributed by atoms with Crippen LogP contribution in [0.4, 0.5) is 0 Å². The Morgan fingerprint density at radius 1 is 1.15 bits per heavy atom. The summed E-state index contributed by atoms with van der Waals surface area (Å²) < 4.78 is 27.7. The van der Waals surface area contributed by atoms with E-state index in [4.69, 9.17) is 0 Å². The standard InChI is InChI=1S/C15H24N2O2S/c1-16-12-13-7-6-10-15(11-13)20(18,19)17-14-8-4-2-3-5-9-14/h6-7,10-11,14,16-17H,2-5,8-9,12H2,1H3. The molecule has 0 heterocycles. The van der Waals surface area contributed by atoms with Crippen LogP contribution in [-0.2, 0) is 16.6 Å². The quantitative estimate of drug-likeness (QED) is 0.820.